The summed E-state index contributed by atoms with van der Waals surface area (Å²) in [7, 11) is 1.85. The number of benzene rings is 2. The van der Waals surface area contributed by atoms with E-state index in [2.05, 4.69) is 0 Å². The van der Waals surface area contributed by atoms with Crippen LogP contribution in [0.2, 0.25) is 0 Å². The molecule has 0 heterocycles. The molecule has 94 valence electrons. The highest BCUT2D eigenvalue weighted by molar-refractivity contribution is 5.63. The number of anilines is 2. The van der Waals surface area contributed by atoms with Gasteiger partial charge < -0.3 is 10.6 Å². The molecule has 2 aromatic rings. The predicted molar refractivity (Wildman–Crippen MR) is 73.5 cm³/mol. The molecule has 0 fully saturated rings. The maximum atomic E-state index is 14.0. The summed E-state index contributed by atoms with van der Waals surface area (Å²) in [6.45, 7) is 1.84. The van der Waals surface area contributed by atoms with Crippen molar-refractivity contribution in [2.24, 2.45) is 5.73 Å². The van der Waals surface area contributed by atoms with Crippen molar-refractivity contribution in [2.45, 2.75) is 13.0 Å². The highest BCUT2D eigenvalue weighted by Crippen LogP contribution is 2.27. The maximum Gasteiger partial charge on any atom is 0.147 e. The zero-order valence-electron chi connectivity index (χ0n) is 10.6. The summed E-state index contributed by atoms with van der Waals surface area (Å²) < 4.78 is 14.0. The molecule has 0 bridgehead atoms. The van der Waals surface area contributed by atoms with Crippen molar-refractivity contribution in [3.63, 3.8) is 0 Å². The molecule has 0 aliphatic carbocycles. The Bertz CT molecular complexity index is 523. The van der Waals surface area contributed by atoms with Gasteiger partial charge in [-0.25, -0.2) is 4.39 Å². The number of para-hydroxylation sites is 1. The van der Waals surface area contributed by atoms with Gasteiger partial charge in [-0.1, -0.05) is 24.3 Å². The zero-order valence-corrected chi connectivity index (χ0v) is 10.6. The van der Waals surface area contributed by atoms with Crippen molar-refractivity contribution in [2.75, 3.05) is 11.9 Å². The Morgan fingerprint density at radius 1 is 1.11 bits per heavy atom. The van der Waals surface area contributed by atoms with Gasteiger partial charge in [-0.3, -0.25) is 0 Å². The second-order valence-corrected chi connectivity index (χ2v) is 4.39. The minimum atomic E-state index is -0.254. The molecule has 3 heteroatoms. The highest BCUT2D eigenvalue weighted by atomic mass is 19.1. The molecule has 0 saturated heterocycles. The lowest BCUT2D eigenvalue weighted by Gasteiger charge is -2.21. The summed E-state index contributed by atoms with van der Waals surface area (Å²) in [5, 5.41) is 0. The summed E-state index contributed by atoms with van der Waals surface area (Å²) in [6.07, 6.45) is 0. The van der Waals surface area contributed by atoms with Gasteiger partial charge in [-0.2, -0.15) is 0 Å². The van der Waals surface area contributed by atoms with Gasteiger partial charge in [0.15, 0.2) is 0 Å². The van der Waals surface area contributed by atoms with E-state index in [4.69, 9.17) is 5.73 Å². The van der Waals surface area contributed by atoms with Crippen LogP contribution in [0.3, 0.4) is 0 Å². The van der Waals surface area contributed by atoms with E-state index in [-0.39, 0.29) is 11.9 Å². The van der Waals surface area contributed by atoms with Crippen LogP contribution in [-0.2, 0) is 0 Å². The summed E-state index contributed by atoms with van der Waals surface area (Å²) >= 11 is 0. The first kappa shape index (κ1) is 12.6. The molecule has 2 nitrogen and oxygen atoms in total. The van der Waals surface area contributed by atoms with Gasteiger partial charge in [-0.15, -0.1) is 0 Å². The maximum absolute atomic E-state index is 14.0. The lowest BCUT2D eigenvalue weighted by molar-refractivity contribution is 0.622. The standard InChI is InChI=1S/C15H17FN2/c1-11(17)12-8-9-15(14(16)10-12)18(2)13-6-4-3-5-7-13/h3-11H,17H2,1-2H3/t11-/m0/s1. The minimum Gasteiger partial charge on any atom is -0.342 e. The summed E-state index contributed by atoms with van der Waals surface area (Å²) in [4.78, 5) is 1.82. The molecular formula is C15H17FN2. The molecule has 2 N–H and O–H groups in total. The van der Waals surface area contributed by atoms with E-state index in [9.17, 15) is 4.39 Å². The largest absolute Gasteiger partial charge is 0.342 e. The van der Waals surface area contributed by atoms with Gasteiger partial charge in [0.05, 0.1) is 5.69 Å². The summed E-state index contributed by atoms with van der Waals surface area (Å²) in [6, 6.07) is 14.7. The number of hydrogen-bond acceptors (Lipinski definition) is 2. The third-order valence-electron chi connectivity index (χ3n) is 3.00. The van der Waals surface area contributed by atoms with Crippen LogP contribution in [0, 0.1) is 5.82 Å². The Morgan fingerprint density at radius 2 is 1.78 bits per heavy atom. The fourth-order valence-corrected chi connectivity index (χ4v) is 1.87. The van der Waals surface area contributed by atoms with E-state index >= 15 is 0 Å². The molecule has 1 atom stereocenters. The number of rotatable bonds is 3. The fourth-order valence-electron chi connectivity index (χ4n) is 1.87. The molecule has 18 heavy (non-hydrogen) atoms. The van der Waals surface area contributed by atoms with Crippen molar-refractivity contribution in [1.29, 1.82) is 0 Å². The third kappa shape index (κ3) is 2.51. The monoisotopic (exact) mass is 244 g/mol. The average molecular weight is 244 g/mol. The number of nitrogens with zero attached hydrogens (tertiary/aromatic N) is 1. The number of halogens is 1. The van der Waals surface area contributed by atoms with Crippen LogP contribution in [0.4, 0.5) is 15.8 Å². The van der Waals surface area contributed by atoms with Gasteiger partial charge >= 0.3 is 0 Å². The van der Waals surface area contributed by atoms with E-state index in [0.717, 1.165) is 11.3 Å². The van der Waals surface area contributed by atoms with E-state index in [1.165, 1.54) is 6.07 Å². The third-order valence-corrected chi connectivity index (χ3v) is 3.00. The van der Waals surface area contributed by atoms with Crippen LogP contribution in [0.5, 0.6) is 0 Å². The van der Waals surface area contributed by atoms with Gasteiger partial charge in [0.2, 0.25) is 0 Å². The Balaban J connectivity index is 2.34. The van der Waals surface area contributed by atoms with Gasteiger partial charge in [0, 0.05) is 18.8 Å². The van der Waals surface area contributed by atoms with Crippen LogP contribution >= 0.6 is 0 Å². The molecule has 2 aromatic carbocycles. The van der Waals surface area contributed by atoms with Crippen molar-refractivity contribution >= 4 is 11.4 Å². The lowest BCUT2D eigenvalue weighted by atomic mass is 10.1. The van der Waals surface area contributed by atoms with E-state index < -0.39 is 0 Å². The van der Waals surface area contributed by atoms with Crippen LogP contribution < -0.4 is 10.6 Å². The predicted octanol–water partition coefficient (Wildman–Crippen LogP) is 3.61. The summed E-state index contributed by atoms with van der Waals surface area (Å²) in [5.74, 6) is -0.254. The molecular weight excluding hydrogens is 227 g/mol. The Labute approximate surface area is 107 Å². The topological polar surface area (TPSA) is 29.3 Å². The molecule has 0 spiro atoms. The van der Waals surface area contributed by atoms with Crippen LogP contribution in [0.15, 0.2) is 48.5 Å². The molecule has 0 aliphatic rings. The van der Waals surface area contributed by atoms with Crippen molar-refractivity contribution in [1.82, 2.24) is 0 Å². The first-order chi connectivity index (χ1) is 8.59. The van der Waals surface area contributed by atoms with Gasteiger partial charge in [0.25, 0.3) is 0 Å². The van der Waals surface area contributed by atoms with Crippen LogP contribution in [0.25, 0.3) is 0 Å². The van der Waals surface area contributed by atoms with Crippen molar-refractivity contribution in [3.8, 4) is 0 Å². The Morgan fingerprint density at radius 3 is 2.33 bits per heavy atom. The first-order valence-electron chi connectivity index (χ1n) is 5.93. The molecule has 0 radical (unpaired) electrons. The molecule has 2 rings (SSSR count). The van der Waals surface area contributed by atoms with E-state index in [1.54, 1.807) is 6.07 Å². The van der Waals surface area contributed by atoms with Crippen molar-refractivity contribution in [3.05, 3.63) is 59.9 Å². The lowest BCUT2D eigenvalue weighted by Crippen LogP contribution is -2.12. The van der Waals surface area contributed by atoms with E-state index in [1.807, 2.05) is 55.3 Å². The number of hydrogen-bond donors (Lipinski definition) is 1. The average Bonchev–Trinajstić information content (AvgIpc) is 2.38. The van der Waals surface area contributed by atoms with Gasteiger partial charge in [0.1, 0.15) is 5.82 Å². The first-order valence-corrected chi connectivity index (χ1v) is 5.93. The second-order valence-electron chi connectivity index (χ2n) is 4.39. The Kier molecular flexibility index (Phi) is 3.63. The highest BCUT2D eigenvalue weighted by Gasteiger charge is 2.11. The molecule has 0 amide bonds. The molecule has 0 aliphatic heterocycles. The minimum absolute atomic E-state index is 0.157. The quantitative estimate of drug-likeness (QED) is 0.893. The summed E-state index contributed by atoms with van der Waals surface area (Å²) in [5.41, 5.74) is 8.04. The molecule has 0 saturated carbocycles. The fraction of sp³-hybridized carbons (Fsp3) is 0.200. The molecule has 0 unspecified atom stereocenters. The van der Waals surface area contributed by atoms with Crippen LogP contribution in [0.1, 0.15) is 18.5 Å². The second kappa shape index (κ2) is 5.19. The van der Waals surface area contributed by atoms with E-state index in [0.29, 0.717) is 5.69 Å². The normalized spacial score (nSPS) is 12.2. The van der Waals surface area contributed by atoms with Gasteiger partial charge in [-0.05, 0) is 36.8 Å². The number of nitrogens with two attached hydrogens (primary N) is 1. The SMILES string of the molecule is C[C@H](N)c1ccc(N(C)c2ccccc2)c(F)c1. The zero-order chi connectivity index (χ0) is 13.1. The Hall–Kier alpha value is -1.87. The molecule has 0 aromatic heterocycles. The van der Waals surface area contributed by atoms with Crippen molar-refractivity contribution < 1.29 is 4.39 Å². The smallest absolute Gasteiger partial charge is 0.147 e. The van der Waals surface area contributed by atoms with Crippen LogP contribution in [-0.4, -0.2) is 7.05 Å².